The smallest absolute Gasteiger partial charge is 0.274 e. The van der Waals surface area contributed by atoms with Gasteiger partial charge in [0.1, 0.15) is 0 Å². The van der Waals surface area contributed by atoms with Crippen molar-refractivity contribution >= 4 is 35.0 Å². The lowest BCUT2D eigenvalue weighted by Gasteiger charge is -2.07. The number of benzene rings is 1. The Labute approximate surface area is 96.8 Å². The number of carbonyl (C=O) groups excluding carboxylic acids is 1. The van der Waals surface area contributed by atoms with Crippen LogP contribution in [0, 0.1) is 10.1 Å². The molecule has 0 amide bonds. The van der Waals surface area contributed by atoms with Crippen LogP contribution in [-0.4, -0.2) is 10.0 Å². The fourth-order valence-corrected chi connectivity index (χ4v) is 1.48. The molecule has 0 spiro atoms. The van der Waals surface area contributed by atoms with E-state index in [0.717, 1.165) is 0 Å². The molecule has 0 saturated carbocycles. The van der Waals surface area contributed by atoms with Gasteiger partial charge < -0.3 is 0 Å². The van der Waals surface area contributed by atoms with Crippen molar-refractivity contribution in [3.63, 3.8) is 0 Å². The van der Waals surface area contributed by atoms with Crippen LogP contribution in [0.3, 0.4) is 0 Å². The predicted molar refractivity (Wildman–Crippen MR) is 60.5 cm³/mol. The highest BCUT2D eigenvalue weighted by atomic mass is 35.5. The molecule has 4 nitrogen and oxygen atoms in total. The molecule has 1 rings (SSSR count). The minimum atomic E-state index is -0.619. The average Bonchev–Trinajstić information content (AvgIpc) is 2.16. The Morgan fingerprint density at radius 2 is 2.20 bits per heavy atom. The van der Waals surface area contributed by atoms with E-state index >= 15 is 0 Å². The van der Waals surface area contributed by atoms with Crippen molar-refractivity contribution in [3.05, 3.63) is 38.9 Å². The second kappa shape index (κ2) is 4.63. The highest BCUT2D eigenvalue weighted by Gasteiger charge is 2.22. The monoisotopic (exact) mass is 245 g/mol. The van der Waals surface area contributed by atoms with E-state index in [1.807, 2.05) is 0 Å². The fraction of sp³-hybridized carbons (Fsp3) is 0.222. The molecule has 6 heteroatoms. The van der Waals surface area contributed by atoms with Crippen LogP contribution >= 0.6 is 24.2 Å². The molecule has 0 saturated heterocycles. The molecule has 0 fully saturated rings. The molecule has 1 aromatic carbocycles. The quantitative estimate of drug-likeness (QED) is 0.506. The van der Waals surface area contributed by atoms with Crippen molar-refractivity contribution in [2.45, 2.75) is 12.8 Å². The number of halogens is 1. The van der Waals surface area contributed by atoms with E-state index in [9.17, 15) is 14.9 Å². The van der Waals surface area contributed by atoms with Crippen LogP contribution in [0.15, 0.2) is 18.2 Å². The van der Waals surface area contributed by atoms with Gasteiger partial charge in [-0.05, 0) is 12.1 Å². The minimum absolute atomic E-state index is 0.155. The van der Waals surface area contributed by atoms with Gasteiger partial charge in [0.25, 0.3) is 5.69 Å². The van der Waals surface area contributed by atoms with Crippen LogP contribution < -0.4 is 0 Å². The van der Waals surface area contributed by atoms with Gasteiger partial charge in [-0.15, -0.1) is 12.6 Å². The third-order valence-electron chi connectivity index (χ3n) is 2.03. The zero-order chi connectivity index (χ0) is 11.6. The summed E-state index contributed by atoms with van der Waals surface area (Å²) in [5, 5.41) is 10.6. The van der Waals surface area contributed by atoms with E-state index in [0.29, 0.717) is 5.56 Å². The number of nitro groups is 1. The van der Waals surface area contributed by atoms with Crippen molar-refractivity contribution < 1.29 is 9.72 Å². The Morgan fingerprint density at radius 1 is 1.60 bits per heavy atom. The third-order valence-corrected chi connectivity index (χ3v) is 2.65. The SMILES string of the molecule is CC(C(=O)S)c1ccc(Cl)cc1[N+](=O)[O-]. The van der Waals surface area contributed by atoms with Gasteiger partial charge >= 0.3 is 0 Å². The minimum Gasteiger partial charge on any atom is -0.287 e. The summed E-state index contributed by atoms with van der Waals surface area (Å²) in [5.74, 6) is -0.619. The maximum atomic E-state index is 11.0. The molecule has 80 valence electrons. The molecule has 0 heterocycles. The highest BCUT2D eigenvalue weighted by Crippen LogP contribution is 2.30. The number of carbonyl (C=O) groups is 1. The third kappa shape index (κ3) is 2.70. The molecule has 1 atom stereocenters. The van der Waals surface area contributed by atoms with Crippen molar-refractivity contribution in [1.29, 1.82) is 0 Å². The molecule has 0 bridgehead atoms. The molecular weight excluding hydrogens is 238 g/mol. The van der Waals surface area contributed by atoms with Crippen molar-refractivity contribution in [1.82, 2.24) is 0 Å². The number of rotatable bonds is 3. The number of nitrogens with zero attached hydrogens (tertiary/aromatic N) is 1. The largest absolute Gasteiger partial charge is 0.287 e. The second-order valence-electron chi connectivity index (χ2n) is 3.02. The summed E-state index contributed by atoms with van der Waals surface area (Å²) in [4.78, 5) is 21.2. The van der Waals surface area contributed by atoms with Crippen molar-refractivity contribution in [2.24, 2.45) is 0 Å². The maximum Gasteiger partial charge on any atom is 0.274 e. The Hall–Kier alpha value is -1.07. The Balaban J connectivity index is 3.28. The Kier molecular flexibility index (Phi) is 3.71. The molecule has 0 N–H and O–H groups in total. The number of hydrogen-bond acceptors (Lipinski definition) is 3. The first-order valence-corrected chi connectivity index (χ1v) is 4.92. The number of nitro benzene ring substituents is 1. The van der Waals surface area contributed by atoms with Gasteiger partial charge in [0, 0.05) is 16.7 Å². The highest BCUT2D eigenvalue weighted by molar-refractivity contribution is 7.96. The lowest BCUT2D eigenvalue weighted by atomic mass is 10.0. The lowest BCUT2D eigenvalue weighted by Crippen LogP contribution is -2.05. The molecule has 0 aromatic heterocycles. The van der Waals surface area contributed by atoms with Gasteiger partial charge in [0.05, 0.1) is 10.8 Å². The number of thiol groups is 1. The Bertz CT molecular complexity index is 422. The fourth-order valence-electron chi connectivity index (χ4n) is 1.17. The van der Waals surface area contributed by atoms with E-state index < -0.39 is 16.0 Å². The predicted octanol–water partition coefficient (Wildman–Crippen LogP) is 2.81. The molecule has 0 radical (unpaired) electrons. The summed E-state index contributed by atoms with van der Waals surface area (Å²) in [6, 6.07) is 4.21. The topological polar surface area (TPSA) is 60.2 Å². The first-order valence-electron chi connectivity index (χ1n) is 4.10. The molecular formula is C9H8ClNO3S. The summed E-state index contributed by atoms with van der Waals surface area (Å²) < 4.78 is 0. The van der Waals surface area contributed by atoms with Crippen LogP contribution in [0.4, 0.5) is 5.69 Å². The van der Waals surface area contributed by atoms with Crippen molar-refractivity contribution in [3.8, 4) is 0 Å². The van der Waals surface area contributed by atoms with Gasteiger partial charge in [-0.3, -0.25) is 14.9 Å². The average molecular weight is 246 g/mol. The first kappa shape index (κ1) is 12.0. The van der Waals surface area contributed by atoms with E-state index in [1.165, 1.54) is 18.2 Å². The van der Waals surface area contributed by atoms with Crippen LogP contribution in [0.25, 0.3) is 0 Å². The molecule has 0 aliphatic carbocycles. The summed E-state index contributed by atoms with van der Waals surface area (Å²) in [7, 11) is 0. The van der Waals surface area contributed by atoms with Gasteiger partial charge in [-0.25, -0.2) is 0 Å². The molecule has 0 aliphatic heterocycles. The van der Waals surface area contributed by atoms with Crippen LogP contribution in [0.5, 0.6) is 0 Å². The molecule has 1 aromatic rings. The van der Waals surface area contributed by atoms with E-state index in [4.69, 9.17) is 11.6 Å². The summed E-state index contributed by atoms with van der Waals surface area (Å²) in [6.45, 7) is 1.56. The second-order valence-corrected chi connectivity index (χ2v) is 3.90. The summed E-state index contributed by atoms with van der Waals surface area (Å²) in [6.07, 6.45) is 0. The maximum absolute atomic E-state index is 11.0. The van der Waals surface area contributed by atoms with Gasteiger partial charge in [0.2, 0.25) is 0 Å². The zero-order valence-electron chi connectivity index (χ0n) is 7.81. The van der Waals surface area contributed by atoms with Gasteiger partial charge in [-0.1, -0.05) is 18.5 Å². The van der Waals surface area contributed by atoms with Crippen LogP contribution in [0.1, 0.15) is 18.4 Å². The molecule has 0 aliphatic rings. The van der Waals surface area contributed by atoms with Gasteiger partial charge in [-0.2, -0.15) is 0 Å². The Morgan fingerprint density at radius 3 is 2.67 bits per heavy atom. The summed E-state index contributed by atoms with van der Waals surface area (Å²) in [5.41, 5.74) is 0.168. The molecule has 1 unspecified atom stereocenters. The van der Waals surface area contributed by atoms with Crippen molar-refractivity contribution in [2.75, 3.05) is 0 Å². The van der Waals surface area contributed by atoms with E-state index in [-0.39, 0.29) is 10.7 Å². The standard InChI is InChI=1S/C9H8ClNO3S/c1-5(9(12)15)7-3-2-6(10)4-8(7)11(13)14/h2-5H,1H3,(H,12,15). The first-order chi connectivity index (χ1) is 6.93. The summed E-state index contributed by atoms with van der Waals surface area (Å²) >= 11 is 9.29. The molecule has 15 heavy (non-hydrogen) atoms. The van der Waals surface area contributed by atoms with E-state index in [1.54, 1.807) is 6.92 Å². The lowest BCUT2D eigenvalue weighted by molar-refractivity contribution is -0.385. The van der Waals surface area contributed by atoms with Crippen LogP contribution in [-0.2, 0) is 4.79 Å². The van der Waals surface area contributed by atoms with Gasteiger partial charge in [0.15, 0.2) is 5.12 Å². The zero-order valence-corrected chi connectivity index (χ0v) is 9.46. The van der Waals surface area contributed by atoms with E-state index in [2.05, 4.69) is 12.6 Å². The number of hydrogen-bond donors (Lipinski definition) is 1. The van der Waals surface area contributed by atoms with Crippen LogP contribution in [0.2, 0.25) is 5.02 Å². The normalized spacial score (nSPS) is 12.2.